The predicted octanol–water partition coefficient (Wildman–Crippen LogP) is 3.59. The molecule has 0 radical (unpaired) electrons. The van der Waals surface area contributed by atoms with Crippen LogP contribution >= 0.6 is 0 Å². The summed E-state index contributed by atoms with van der Waals surface area (Å²) in [5.74, 6) is -0.119. The molecule has 2 aromatic carbocycles. The molecule has 0 unspecified atom stereocenters. The van der Waals surface area contributed by atoms with Crippen LogP contribution in [-0.4, -0.2) is 20.6 Å². The summed E-state index contributed by atoms with van der Waals surface area (Å²) in [5.41, 5.74) is 3.61. The third-order valence-corrected chi connectivity index (χ3v) is 5.18. The zero-order valence-corrected chi connectivity index (χ0v) is 15.3. The van der Waals surface area contributed by atoms with Crippen LogP contribution < -0.4 is 5.32 Å². The fourth-order valence-electron chi connectivity index (χ4n) is 2.67. The van der Waals surface area contributed by atoms with E-state index in [4.69, 9.17) is 0 Å². The fraction of sp³-hybridized carbons (Fsp3) is 0.316. The van der Waals surface area contributed by atoms with E-state index in [2.05, 4.69) is 5.32 Å². The van der Waals surface area contributed by atoms with Crippen LogP contribution in [0.15, 0.2) is 47.4 Å². The molecule has 0 fully saturated rings. The molecule has 24 heavy (non-hydrogen) atoms. The predicted molar refractivity (Wildman–Crippen MR) is 96.0 cm³/mol. The molecule has 0 saturated heterocycles. The van der Waals surface area contributed by atoms with Crippen LogP contribution in [0.3, 0.4) is 0 Å². The highest BCUT2D eigenvalue weighted by Gasteiger charge is 2.16. The standard InChI is InChI=1S/C19H23NO3S/c1-5-18(15-7-9-16(10-8-15)24(4,22)23)20-19(21)17-11-6-13(2)12-14(17)3/h6-12,18H,5H2,1-4H3,(H,20,21)/t18-/m1/s1. The summed E-state index contributed by atoms with van der Waals surface area (Å²) in [6.07, 6.45) is 1.90. The van der Waals surface area contributed by atoms with E-state index >= 15 is 0 Å². The van der Waals surface area contributed by atoms with Gasteiger partial charge in [0.15, 0.2) is 9.84 Å². The van der Waals surface area contributed by atoms with E-state index in [1.807, 2.05) is 39.0 Å². The van der Waals surface area contributed by atoms with Crippen molar-refractivity contribution in [2.45, 2.75) is 38.1 Å². The fourth-order valence-corrected chi connectivity index (χ4v) is 3.30. The highest BCUT2D eigenvalue weighted by atomic mass is 32.2. The van der Waals surface area contributed by atoms with Crippen molar-refractivity contribution in [3.63, 3.8) is 0 Å². The number of benzene rings is 2. The normalized spacial score (nSPS) is 12.7. The Labute approximate surface area is 143 Å². The Kier molecular flexibility index (Phi) is 5.44. The minimum absolute atomic E-state index is 0.119. The van der Waals surface area contributed by atoms with Gasteiger partial charge in [-0.15, -0.1) is 0 Å². The first-order chi connectivity index (χ1) is 11.2. The molecule has 128 valence electrons. The number of nitrogens with one attached hydrogen (secondary N) is 1. The van der Waals surface area contributed by atoms with Crippen molar-refractivity contribution in [2.75, 3.05) is 6.26 Å². The number of amides is 1. The topological polar surface area (TPSA) is 63.2 Å². The van der Waals surface area contributed by atoms with E-state index in [0.29, 0.717) is 5.56 Å². The average Bonchev–Trinajstić information content (AvgIpc) is 2.51. The summed E-state index contributed by atoms with van der Waals surface area (Å²) in [6.45, 7) is 5.90. The Morgan fingerprint density at radius 3 is 2.21 bits per heavy atom. The van der Waals surface area contributed by atoms with Crippen LogP contribution in [0.5, 0.6) is 0 Å². The zero-order valence-electron chi connectivity index (χ0n) is 14.5. The lowest BCUT2D eigenvalue weighted by Gasteiger charge is -2.18. The largest absolute Gasteiger partial charge is 0.345 e. The number of sulfone groups is 1. The maximum atomic E-state index is 12.5. The number of rotatable bonds is 5. The van der Waals surface area contributed by atoms with Crippen LogP contribution in [0.25, 0.3) is 0 Å². The van der Waals surface area contributed by atoms with Gasteiger partial charge in [0.1, 0.15) is 0 Å². The summed E-state index contributed by atoms with van der Waals surface area (Å²) in [4.78, 5) is 12.8. The molecule has 2 aromatic rings. The van der Waals surface area contributed by atoms with Gasteiger partial charge in [-0.1, -0.05) is 36.8 Å². The molecule has 0 aromatic heterocycles. The Balaban J connectivity index is 2.21. The number of hydrogen-bond acceptors (Lipinski definition) is 3. The van der Waals surface area contributed by atoms with Crippen LogP contribution in [0.2, 0.25) is 0 Å². The van der Waals surface area contributed by atoms with Gasteiger partial charge in [-0.05, 0) is 49.6 Å². The molecule has 0 aliphatic carbocycles. The molecule has 5 heteroatoms. The second-order valence-electron chi connectivity index (χ2n) is 6.09. The molecule has 0 saturated carbocycles. The lowest BCUT2D eigenvalue weighted by atomic mass is 10.0. The average molecular weight is 345 g/mol. The molecule has 0 spiro atoms. The lowest BCUT2D eigenvalue weighted by molar-refractivity contribution is 0.0935. The Morgan fingerprint density at radius 1 is 1.08 bits per heavy atom. The quantitative estimate of drug-likeness (QED) is 0.901. The molecule has 4 nitrogen and oxygen atoms in total. The first-order valence-electron chi connectivity index (χ1n) is 7.90. The van der Waals surface area contributed by atoms with E-state index < -0.39 is 9.84 Å². The van der Waals surface area contributed by atoms with E-state index in [0.717, 1.165) is 23.1 Å². The van der Waals surface area contributed by atoms with Gasteiger partial charge >= 0.3 is 0 Å². The second-order valence-corrected chi connectivity index (χ2v) is 8.11. The van der Waals surface area contributed by atoms with Crippen molar-refractivity contribution in [1.29, 1.82) is 0 Å². The molecule has 2 rings (SSSR count). The molecule has 0 aliphatic heterocycles. The zero-order chi connectivity index (χ0) is 17.9. The third kappa shape index (κ3) is 4.23. The molecule has 0 heterocycles. The number of carbonyl (C=O) groups excluding carboxylic acids is 1. The van der Waals surface area contributed by atoms with Gasteiger partial charge in [0.25, 0.3) is 5.91 Å². The van der Waals surface area contributed by atoms with Crippen molar-refractivity contribution < 1.29 is 13.2 Å². The molecule has 0 aliphatic rings. The smallest absolute Gasteiger partial charge is 0.252 e. The van der Waals surface area contributed by atoms with Crippen LogP contribution in [0, 0.1) is 13.8 Å². The van der Waals surface area contributed by atoms with Crippen LogP contribution in [0.1, 0.15) is 46.4 Å². The SMILES string of the molecule is CC[C@@H](NC(=O)c1ccc(C)cc1C)c1ccc(S(C)(=O)=O)cc1. The van der Waals surface area contributed by atoms with Crippen LogP contribution in [0.4, 0.5) is 0 Å². The first kappa shape index (κ1) is 18.2. The van der Waals surface area contributed by atoms with Gasteiger partial charge < -0.3 is 5.32 Å². The summed E-state index contributed by atoms with van der Waals surface area (Å²) in [5, 5.41) is 3.03. The van der Waals surface area contributed by atoms with Crippen molar-refractivity contribution >= 4 is 15.7 Å². The summed E-state index contributed by atoms with van der Waals surface area (Å²) in [7, 11) is -3.22. The highest BCUT2D eigenvalue weighted by molar-refractivity contribution is 7.90. The minimum Gasteiger partial charge on any atom is -0.345 e. The molecule has 1 atom stereocenters. The van der Waals surface area contributed by atoms with Gasteiger partial charge in [0, 0.05) is 11.8 Å². The van der Waals surface area contributed by atoms with Crippen molar-refractivity contribution in [2.24, 2.45) is 0 Å². The number of carbonyl (C=O) groups is 1. The maximum Gasteiger partial charge on any atom is 0.252 e. The Hall–Kier alpha value is -2.14. The minimum atomic E-state index is -3.22. The van der Waals surface area contributed by atoms with Crippen LogP contribution in [-0.2, 0) is 9.84 Å². The third-order valence-electron chi connectivity index (χ3n) is 4.05. The van der Waals surface area contributed by atoms with Gasteiger partial charge in [-0.3, -0.25) is 4.79 Å². The van der Waals surface area contributed by atoms with E-state index in [1.165, 1.54) is 6.26 Å². The molecular weight excluding hydrogens is 322 g/mol. The Bertz CT molecular complexity index is 839. The summed E-state index contributed by atoms with van der Waals surface area (Å²) < 4.78 is 23.1. The van der Waals surface area contributed by atoms with Gasteiger partial charge in [0.2, 0.25) is 0 Å². The summed E-state index contributed by atoms with van der Waals surface area (Å²) in [6, 6.07) is 12.2. The molecule has 1 N–H and O–H groups in total. The van der Waals surface area contributed by atoms with Gasteiger partial charge in [0.05, 0.1) is 10.9 Å². The second kappa shape index (κ2) is 7.18. The van der Waals surface area contributed by atoms with Crippen molar-refractivity contribution in [3.8, 4) is 0 Å². The van der Waals surface area contributed by atoms with E-state index in [1.54, 1.807) is 24.3 Å². The number of aryl methyl sites for hydroxylation is 2. The first-order valence-corrected chi connectivity index (χ1v) is 9.79. The lowest BCUT2D eigenvalue weighted by Crippen LogP contribution is -2.28. The van der Waals surface area contributed by atoms with Crippen molar-refractivity contribution in [1.82, 2.24) is 5.32 Å². The number of hydrogen-bond donors (Lipinski definition) is 1. The summed E-state index contributed by atoms with van der Waals surface area (Å²) >= 11 is 0. The van der Waals surface area contributed by atoms with Gasteiger partial charge in [-0.2, -0.15) is 0 Å². The van der Waals surface area contributed by atoms with E-state index in [-0.39, 0.29) is 16.8 Å². The van der Waals surface area contributed by atoms with Crippen molar-refractivity contribution in [3.05, 3.63) is 64.7 Å². The molecule has 1 amide bonds. The Morgan fingerprint density at radius 2 is 1.71 bits per heavy atom. The monoisotopic (exact) mass is 345 g/mol. The molecular formula is C19H23NO3S. The highest BCUT2D eigenvalue weighted by Crippen LogP contribution is 2.20. The van der Waals surface area contributed by atoms with Gasteiger partial charge in [-0.25, -0.2) is 8.42 Å². The molecule has 0 bridgehead atoms. The van der Waals surface area contributed by atoms with E-state index in [9.17, 15) is 13.2 Å². The maximum absolute atomic E-state index is 12.5.